The molecule has 3 heteroatoms. The van der Waals surface area contributed by atoms with Crippen molar-refractivity contribution in [3.05, 3.63) is 83.2 Å². The maximum atomic E-state index is 13.0. The molecule has 0 aliphatic carbocycles. The molecule has 0 amide bonds. The van der Waals surface area contributed by atoms with Gasteiger partial charge in [-0.1, -0.05) is 57.7 Å². The van der Waals surface area contributed by atoms with Crippen molar-refractivity contribution in [3.8, 4) is 16.2 Å². The second-order valence-electron chi connectivity index (χ2n) is 7.53. The van der Waals surface area contributed by atoms with Crippen LogP contribution in [-0.4, -0.2) is 12.9 Å². The molecule has 0 unspecified atom stereocenters. The summed E-state index contributed by atoms with van der Waals surface area (Å²) in [6, 6.07) is 17.7. The third kappa shape index (κ3) is 4.04. The van der Waals surface area contributed by atoms with Gasteiger partial charge in [0.2, 0.25) is 0 Å². The summed E-state index contributed by atoms with van der Waals surface area (Å²) >= 11 is 1.66. The molecule has 0 fully saturated rings. The number of hydrogen-bond acceptors (Lipinski definition) is 3. The van der Waals surface area contributed by atoms with Crippen LogP contribution in [0.4, 0.5) is 0 Å². The van der Waals surface area contributed by atoms with E-state index in [1.807, 2.05) is 53.9 Å². The minimum atomic E-state index is -0.0860. The van der Waals surface area contributed by atoms with Crippen LogP contribution in [0.3, 0.4) is 0 Å². The summed E-state index contributed by atoms with van der Waals surface area (Å²) < 4.78 is 5.48. The van der Waals surface area contributed by atoms with Crippen LogP contribution in [0.25, 0.3) is 16.0 Å². The quantitative estimate of drug-likeness (QED) is 0.369. The van der Waals surface area contributed by atoms with Crippen molar-refractivity contribution in [1.29, 1.82) is 0 Å². The van der Waals surface area contributed by atoms with E-state index in [9.17, 15) is 4.79 Å². The number of rotatable bonds is 5. The Morgan fingerprint density at radius 2 is 1.74 bits per heavy atom. The SMILES string of the molecule is C=C(C(=O)c1ccc(C(C)(C)C)cc1)c1cc(-c2cccs2)ccc1OC. The van der Waals surface area contributed by atoms with Crippen molar-refractivity contribution in [2.45, 2.75) is 26.2 Å². The summed E-state index contributed by atoms with van der Waals surface area (Å²) in [5.41, 5.74) is 4.11. The number of methoxy groups -OCH3 is 1. The van der Waals surface area contributed by atoms with Gasteiger partial charge in [-0.2, -0.15) is 0 Å². The summed E-state index contributed by atoms with van der Waals surface area (Å²) in [7, 11) is 1.61. The highest BCUT2D eigenvalue weighted by molar-refractivity contribution is 7.13. The van der Waals surface area contributed by atoms with Crippen LogP contribution in [0.2, 0.25) is 0 Å². The molecule has 27 heavy (non-hydrogen) atoms. The summed E-state index contributed by atoms with van der Waals surface area (Å²) in [6.45, 7) is 10.5. The van der Waals surface area contributed by atoms with Gasteiger partial charge in [-0.25, -0.2) is 0 Å². The molecule has 3 aromatic rings. The van der Waals surface area contributed by atoms with E-state index >= 15 is 0 Å². The lowest BCUT2D eigenvalue weighted by molar-refractivity contribution is 0.105. The van der Waals surface area contributed by atoms with Crippen LogP contribution in [0.1, 0.15) is 42.3 Å². The van der Waals surface area contributed by atoms with Gasteiger partial charge in [0.25, 0.3) is 0 Å². The molecule has 0 bridgehead atoms. The Kier molecular flexibility index (Phi) is 5.33. The van der Waals surface area contributed by atoms with Gasteiger partial charge in [0.15, 0.2) is 5.78 Å². The van der Waals surface area contributed by atoms with Crippen molar-refractivity contribution in [2.24, 2.45) is 0 Å². The average Bonchev–Trinajstić information content (AvgIpc) is 3.20. The Balaban J connectivity index is 1.94. The Morgan fingerprint density at radius 1 is 1.04 bits per heavy atom. The van der Waals surface area contributed by atoms with Crippen molar-refractivity contribution in [3.63, 3.8) is 0 Å². The van der Waals surface area contributed by atoms with Gasteiger partial charge in [0.05, 0.1) is 7.11 Å². The van der Waals surface area contributed by atoms with Gasteiger partial charge in [-0.3, -0.25) is 4.79 Å². The van der Waals surface area contributed by atoms with Gasteiger partial charge in [-0.15, -0.1) is 11.3 Å². The lowest BCUT2D eigenvalue weighted by Gasteiger charge is -2.19. The first-order valence-electron chi connectivity index (χ1n) is 8.87. The van der Waals surface area contributed by atoms with Crippen LogP contribution in [0.5, 0.6) is 5.75 Å². The third-order valence-corrected chi connectivity index (χ3v) is 5.54. The molecule has 1 aromatic heterocycles. The fourth-order valence-corrected chi connectivity index (χ4v) is 3.68. The van der Waals surface area contributed by atoms with E-state index in [2.05, 4.69) is 33.4 Å². The number of thiophene rings is 1. The number of benzene rings is 2. The zero-order chi connectivity index (χ0) is 19.6. The van der Waals surface area contributed by atoms with E-state index in [0.717, 1.165) is 16.0 Å². The van der Waals surface area contributed by atoms with Gasteiger partial charge < -0.3 is 4.74 Å². The van der Waals surface area contributed by atoms with E-state index in [1.165, 1.54) is 5.56 Å². The predicted octanol–water partition coefficient (Wildman–Crippen LogP) is 6.62. The molecular formula is C24H24O2S. The molecule has 3 rings (SSSR count). The minimum Gasteiger partial charge on any atom is -0.496 e. The van der Waals surface area contributed by atoms with Crippen LogP contribution in [-0.2, 0) is 5.41 Å². The van der Waals surface area contributed by atoms with Crippen LogP contribution in [0, 0.1) is 0 Å². The Hall–Kier alpha value is -2.65. The zero-order valence-corrected chi connectivity index (χ0v) is 17.0. The van der Waals surface area contributed by atoms with Crippen molar-refractivity contribution in [1.82, 2.24) is 0 Å². The molecule has 0 radical (unpaired) electrons. The molecule has 2 aromatic carbocycles. The van der Waals surface area contributed by atoms with Crippen LogP contribution >= 0.6 is 11.3 Å². The lowest BCUT2D eigenvalue weighted by Crippen LogP contribution is -2.11. The first kappa shape index (κ1) is 19.1. The molecule has 0 N–H and O–H groups in total. The molecule has 0 atom stereocenters. The molecule has 138 valence electrons. The highest BCUT2D eigenvalue weighted by Gasteiger charge is 2.19. The van der Waals surface area contributed by atoms with E-state index < -0.39 is 0 Å². The fourth-order valence-electron chi connectivity index (χ4n) is 2.96. The smallest absolute Gasteiger partial charge is 0.193 e. The highest BCUT2D eigenvalue weighted by atomic mass is 32.1. The standard InChI is InChI=1S/C24H24O2S/c1-16(23(25)17-8-11-19(12-9-17)24(2,3)4)20-15-18(10-13-21(20)26-5)22-7-6-14-27-22/h6-15H,1H2,2-5H3. The van der Waals surface area contributed by atoms with Gasteiger partial charge in [-0.05, 0) is 46.2 Å². The number of Topliss-reactive ketones (excluding diaryl/α,β-unsaturated/α-hetero) is 1. The number of allylic oxidation sites excluding steroid dienone is 1. The van der Waals surface area contributed by atoms with Gasteiger partial charge in [0, 0.05) is 21.6 Å². The van der Waals surface area contributed by atoms with E-state index in [-0.39, 0.29) is 11.2 Å². The molecular weight excluding hydrogens is 352 g/mol. The Labute approximate surface area is 165 Å². The number of ketones is 1. The number of carbonyl (C=O) groups is 1. The molecule has 0 saturated heterocycles. The number of ether oxygens (including phenoxy) is 1. The third-order valence-electron chi connectivity index (χ3n) is 4.62. The number of hydrogen-bond donors (Lipinski definition) is 0. The van der Waals surface area contributed by atoms with Gasteiger partial charge in [0.1, 0.15) is 5.75 Å². The molecule has 0 spiro atoms. The van der Waals surface area contributed by atoms with E-state index in [4.69, 9.17) is 4.74 Å². The topological polar surface area (TPSA) is 26.3 Å². The number of carbonyl (C=O) groups excluding carboxylic acids is 1. The Morgan fingerprint density at radius 3 is 2.30 bits per heavy atom. The van der Waals surface area contributed by atoms with Crippen molar-refractivity contribution in [2.75, 3.05) is 7.11 Å². The average molecular weight is 377 g/mol. The molecule has 2 nitrogen and oxygen atoms in total. The molecule has 0 saturated carbocycles. The minimum absolute atomic E-state index is 0.0524. The van der Waals surface area contributed by atoms with Crippen molar-refractivity contribution >= 4 is 22.7 Å². The fraction of sp³-hybridized carbons (Fsp3) is 0.208. The largest absolute Gasteiger partial charge is 0.496 e. The first-order valence-corrected chi connectivity index (χ1v) is 9.75. The van der Waals surface area contributed by atoms with Crippen LogP contribution < -0.4 is 4.74 Å². The first-order chi connectivity index (χ1) is 12.8. The van der Waals surface area contributed by atoms with Crippen molar-refractivity contribution < 1.29 is 9.53 Å². The molecule has 0 aliphatic heterocycles. The maximum absolute atomic E-state index is 13.0. The monoisotopic (exact) mass is 376 g/mol. The second kappa shape index (κ2) is 7.53. The summed E-state index contributed by atoms with van der Waals surface area (Å²) in [5, 5.41) is 2.04. The molecule has 0 aliphatic rings. The van der Waals surface area contributed by atoms with Crippen LogP contribution in [0.15, 0.2) is 66.6 Å². The van der Waals surface area contributed by atoms with E-state index in [0.29, 0.717) is 16.9 Å². The maximum Gasteiger partial charge on any atom is 0.193 e. The molecule has 1 heterocycles. The summed E-state index contributed by atoms with van der Waals surface area (Å²) in [6.07, 6.45) is 0. The second-order valence-corrected chi connectivity index (χ2v) is 8.48. The van der Waals surface area contributed by atoms with Gasteiger partial charge >= 0.3 is 0 Å². The highest BCUT2D eigenvalue weighted by Crippen LogP contribution is 2.34. The Bertz CT molecular complexity index is 959. The predicted molar refractivity (Wildman–Crippen MR) is 115 cm³/mol. The summed E-state index contributed by atoms with van der Waals surface area (Å²) in [4.78, 5) is 14.2. The summed E-state index contributed by atoms with van der Waals surface area (Å²) in [5.74, 6) is 0.567. The normalized spacial score (nSPS) is 11.3. The zero-order valence-electron chi connectivity index (χ0n) is 16.2. The van der Waals surface area contributed by atoms with E-state index in [1.54, 1.807) is 18.4 Å². The lowest BCUT2D eigenvalue weighted by atomic mass is 9.86.